The maximum Gasteiger partial charge on any atom is 0.343 e. The van der Waals surface area contributed by atoms with Crippen LogP contribution in [0.3, 0.4) is 0 Å². The molecule has 4 rings (SSSR count). The molecule has 4 aromatic carbocycles. The van der Waals surface area contributed by atoms with Gasteiger partial charge >= 0.3 is 5.97 Å². The number of hydrogen-bond acceptors (Lipinski definition) is 5. The summed E-state index contributed by atoms with van der Waals surface area (Å²) in [5, 5.41) is 6.52. The summed E-state index contributed by atoms with van der Waals surface area (Å²) in [4.78, 5) is 24.8. The van der Waals surface area contributed by atoms with Crippen molar-refractivity contribution >= 4 is 52.1 Å². The number of ether oxygens (including phenoxy) is 2. The summed E-state index contributed by atoms with van der Waals surface area (Å²) in [5.41, 5.74) is 3.37. The minimum absolute atomic E-state index is 0.296. The molecule has 0 unspecified atom stereocenters. The van der Waals surface area contributed by atoms with Gasteiger partial charge in [0.25, 0.3) is 5.91 Å². The number of carbonyl (C=O) groups is 2. The maximum absolute atomic E-state index is 12.6. The Morgan fingerprint density at radius 1 is 0.882 bits per heavy atom. The predicted octanol–water partition coefficient (Wildman–Crippen LogP) is 5.89. The highest BCUT2D eigenvalue weighted by atomic mass is 35.5. The molecule has 0 saturated carbocycles. The number of rotatable bonds is 7. The number of hydrazone groups is 1. The molecule has 0 radical (unpaired) electrons. The van der Waals surface area contributed by atoms with Crippen LogP contribution in [-0.2, 0) is 4.79 Å². The third kappa shape index (κ3) is 5.73. The second kappa shape index (κ2) is 10.8. The Balaban J connectivity index is 1.50. The van der Waals surface area contributed by atoms with E-state index < -0.39 is 11.9 Å². The van der Waals surface area contributed by atoms with E-state index in [0.29, 0.717) is 32.7 Å². The van der Waals surface area contributed by atoms with E-state index in [1.54, 1.807) is 42.5 Å². The van der Waals surface area contributed by atoms with E-state index in [0.717, 1.165) is 10.8 Å². The summed E-state index contributed by atoms with van der Waals surface area (Å²) in [7, 11) is 0. The highest BCUT2D eigenvalue weighted by Crippen LogP contribution is 2.28. The van der Waals surface area contributed by atoms with E-state index in [2.05, 4.69) is 10.5 Å². The van der Waals surface area contributed by atoms with Crippen molar-refractivity contribution in [3.05, 3.63) is 106 Å². The number of nitrogens with zero attached hydrogens (tertiary/aromatic N) is 1. The SMILES string of the molecule is O=C(COc1ccc(Cl)cc1Cl)N/N=C\c1c(OC(=O)c2ccccc2)ccc2ccccc12. The fourth-order valence-corrected chi connectivity index (χ4v) is 3.63. The summed E-state index contributed by atoms with van der Waals surface area (Å²) in [5.74, 6) is -0.350. The van der Waals surface area contributed by atoms with Gasteiger partial charge in [0, 0.05) is 10.6 Å². The van der Waals surface area contributed by atoms with Crippen molar-refractivity contribution < 1.29 is 19.1 Å². The molecular weight excluding hydrogens is 475 g/mol. The molecular formula is C26H18Cl2N2O4. The third-order valence-electron chi connectivity index (χ3n) is 4.78. The highest BCUT2D eigenvalue weighted by molar-refractivity contribution is 6.35. The van der Waals surface area contributed by atoms with Crippen LogP contribution in [0.2, 0.25) is 10.0 Å². The topological polar surface area (TPSA) is 77.0 Å². The molecule has 0 aliphatic carbocycles. The third-order valence-corrected chi connectivity index (χ3v) is 5.31. The molecule has 6 nitrogen and oxygen atoms in total. The number of esters is 1. The van der Waals surface area contributed by atoms with Crippen LogP contribution < -0.4 is 14.9 Å². The quantitative estimate of drug-likeness (QED) is 0.151. The Labute approximate surface area is 205 Å². The number of carbonyl (C=O) groups excluding carboxylic acids is 2. The van der Waals surface area contributed by atoms with Crippen LogP contribution >= 0.6 is 23.2 Å². The molecule has 0 aliphatic heterocycles. The van der Waals surface area contributed by atoms with Crippen LogP contribution in [0.1, 0.15) is 15.9 Å². The number of halogens is 2. The van der Waals surface area contributed by atoms with E-state index in [1.165, 1.54) is 12.3 Å². The van der Waals surface area contributed by atoms with Gasteiger partial charge in [0.2, 0.25) is 0 Å². The van der Waals surface area contributed by atoms with E-state index in [4.69, 9.17) is 32.7 Å². The van der Waals surface area contributed by atoms with Gasteiger partial charge < -0.3 is 9.47 Å². The molecule has 1 N–H and O–H groups in total. The van der Waals surface area contributed by atoms with Crippen LogP contribution in [0.4, 0.5) is 0 Å². The van der Waals surface area contributed by atoms with Crippen LogP contribution in [0.5, 0.6) is 11.5 Å². The number of hydrogen-bond donors (Lipinski definition) is 1. The minimum atomic E-state index is -0.497. The number of amides is 1. The summed E-state index contributed by atoms with van der Waals surface area (Å²) in [6.45, 7) is -0.302. The van der Waals surface area contributed by atoms with Crippen molar-refractivity contribution in [2.75, 3.05) is 6.61 Å². The Hall–Kier alpha value is -3.87. The Morgan fingerprint density at radius 3 is 2.41 bits per heavy atom. The monoisotopic (exact) mass is 492 g/mol. The maximum atomic E-state index is 12.6. The van der Waals surface area contributed by atoms with Gasteiger partial charge in [0.15, 0.2) is 6.61 Å². The second-order valence-corrected chi connectivity index (χ2v) is 7.95. The number of nitrogens with one attached hydrogen (secondary N) is 1. The van der Waals surface area contributed by atoms with E-state index in [-0.39, 0.29) is 6.61 Å². The molecule has 0 bridgehead atoms. The summed E-state index contributed by atoms with van der Waals surface area (Å²) in [6, 6.07) is 24.5. The smallest absolute Gasteiger partial charge is 0.343 e. The molecule has 0 aliphatic rings. The average Bonchev–Trinajstić information content (AvgIpc) is 2.85. The second-order valence-electron chi connectivity index (χ2n) is 7.11. The molecule has 0 aromatic heterocycles. The Morgan fingerprint density at radius 2 is 1.62 bits per heavy atom. The van der Waals surface area contributed by atoms with Gasteiger partial charge in [-0.3, -0.25) is 4.79 Å². The summed E-state index contributed by atoms with van der Waals surface area (Å²) < 4.78 is 11.0. The lowest BCUT2D eigenvalue weighted by atomic mass is 10.0. The van der Waals surface area contributed by atoms with Crippen molar-refractivity contribution in [3.63, 3.8) is 0 Å². The molecule has 0 fully saturated rings. The fourth-order valence-electron chi connectivity index (χ4n) is 3.17. The number of benzene rings is 4. The Kier molecular flexibility index (Phi) is 7.42. The average molecular weight is 493 g/mol. The minimum Gasteiger partial charge on any atom is -0.482 e. The van der Waals surface area contributed by atoms with Crippen LogP contribution in [0.25, 0.3) is 10.8 Å². The van der Waals surface area contributed by atoms with E-state index in [1.807, 2.05) is 36.4 Å². The Bertz CT molecular complexity index is 1370. The first-order chi connectivity index (χ1) is 16.5. The fraction of sp³-hybridized carbons (Fsp3) is 0.0385. The zero-order valence-electron chi connectivity index (χ0n) is 17.7. The lowest BCUT2D eigenvalue weighted by molar-refractivity contribution is -0.123. The molecule has 8 heteroatoms. The van der Waals surface area contributed by atoms with E-state index in [9.17, 15) is 9.59 Å². The van der Waals surface area contributed by atoms with Gasteiger partial charge in [-0.2, -0.15) is 5.10 Å². The molecule has 0 atom stereocenters. The van der Waals surface area contributed by atoms with Crippen LogP contribution in [0, 0.1) is 0 Å². The molecule has 0 heterocycles. The summed E-state index contributed by atoms with van der Waals surface area (Å²) in [6.07, 6.45) is 1.43. The van der Waals surface area contributed by atoms with Crippen molar-refractivity contribution in [3.8, 4) is 11.5 Å². The largest absolute Gasteiger partial charge is 0.482 e. The lowest BCUT2D eigenvalue weighted by Gasteiger charge is -2.11. The molecule has 0 spiro atoms. The van der Waals surface area contributed by atoms with Crippen molar-refractivity contribution in [1.29, 1.82) is 0 Å². The molecule has 4 aromatic rings. The summed E-state index contributed by atoms with van der Waals surface area (Å²) >= 11 is 11.9. The predicted molar refractivity (Wildman–Crippen MR) is 133 cm³/mol. The highest BCUT2D eigenvalue weighted by Gasteiger charge is 2.13. The van der Waals surface area contributed by atoms with Gasteiger partial charge in [0.1, 0.15) is 11.5 Å². The van der Waals surface area contributed by atoms with Crippen molar-refractivity contribution in [1.82, 2.24) is 5.43 Å². The standard InChI is InChI=1S/C26H18Cl2N2O4/c27-19-11-13-24(22(28)14-19)33-16-25(31)30-29-15-21-20-9-5-4-6-17(20)10-12-23(21)34-26(32)18-7-2-1-3-8-18/h1-15H,16H2,(H,30,31)/b29-15-. The molecule has 170 valence electrons. The zero-order chi connectivity index (χ0) is 23.9. The normalized spacial score (nSPS) is 10.9. The zero-order valence-corrected chi connectivity index (χ0v) is 19.2. The van der Waals surface area contributed by atoms with E-state index >= 15 is 0 Å². The van der Waals surface area contributed by atoms with Gasteiger partial charge in [0.05, 0.1) is 16.8 Å². The number of fused-ring (bicyclic) bond motifs is 1. The van der Waals surface area contributed by atoms with Gasteiger partial charge in [-0.25, -0.2) is 10.2 Å². The first-order valence-corrected chi connectivity index (χ1v) is 11.0. The van der Waals surface area contributed by atoms with Crippen LogP contribution in [-0.4, -0.2) is 24.7 Å². The van der Waals surface area contributed by atoms with Crippen LogP contribution in [0.15, 0.2) is 90.0 Å². The molecule has 0 saturated heterocycles. The van der Waals surface area contributed by atoms with Gasteiger partial charge in [-0.15, -0.1) is 0 Å². The lowest BCUT2D eigenvalue weighted by Crippen LogP contribution is -2.24. The first kappa shape index (κ1) is 23.3. The van der Waals surface area contributed by atoms with Crippen molar-refractivity contribution in [2.45, 2.75) is 0 Å². The van der Waals surface area contributed by atoms with Crippen molar-refractivity contribution in [2.24, 2.45) is 5.10 Å². The molecule has 34 heavy (non-hydrogen) atoms. The first-order valence-electron chi connectivity index (χ1n) is 10.2. The van der Waals surface area contributed by atoms with Gasteiger partial charge in [-0.05, 0) is 47.2 Å². The molecule has 1 amide bonds. The van der Waals surface area contributed by atoms with Gasteiger partial charge in [-0.1, -0.05) is 71.7 Å².